The van der Waals surface area contributed by atoms with Gasteiger partial charge in [0.15, 0.2) is 0 Å². The van der Waals surface area contributed by atoms with E-state index in [0.717, 1.165) is 13.7 Å². The molecule has 0 saturated carbocycles. The van der Waals surface area contributed by atoms with Crippen molar-refractivity contribution in [3.8, 4) is 5.69 Å². The van der Waals surface area contributed by atoms with Gasteiger partial charge in [-0.1, -0.05) is 13.8 Å². The number of aromatic carboxylic acids is 1. The second kappa shape index (κ2) is 5.58. The van der Waals surface area contributed by atoms with E-state index in [1.807, 2.05) is 32.0 Å². The zero-order valence-electron chi connectivity index (χ0n) is 10.3. The van der Waals surface area contributed by atoms with Gasteiger partial charge in [0.05, 0.1) is 5.69 Å². The second-order valence-electron chi connectivity index (χ2n) is 4.26. The van der Waals surface area contributed by atoms with Gasteiger partial charge in [-0.25, -0.2) is 14.5 Å². The molecule has 0 saturated heterocycles. The number of aromatic nitrogens is 3. The van der Waals surface area contributed by atoms with Gasteiger partial charge in [0, 0.05) is 14.0 Å². The van der Waals surface area contributed by atoms with E-state index in [4.69, 9.17) is 5.11 Å². The highest BCUT2D eigenvalue weighted by atomic mass is 127. The SMILES string of the molecule is CC(C)c1nc(C(=O)O)nn1-c1ccc(I)cc1Br. The zero-order chi connectivity index (χ0) is 14.2. The fourth-order valence-electron chi connectivity index (χ4n) is 1.62. The summed E-state index contributed by atoms with van der Waals surface area (Å²) in [5.41, 5.74) is 0.782. The van der Waals surface area contributed by atoms with E-state index in [9.17, 15) is 4.79 Å². The quantitative estimate of drug-likeness (QED) is 0.749. The minimum atomic E-state index is -1.12. The van der Waals surface area contributed by atoms with E-state index >= 15 is 0 Å². The van der Waals surface area contributed by atoms with E-state index in [1.165, 1.54) is 0 Å². The number of carbonyl (C=O) groups is 1. The first-order valence-electron chi connectivity index (χ1n) is 5.56. The van der Waals surface area contributed by atoms with Crippen LogP contribution >= 0.6 is 38.5 Å². The van der Waals surface area contributed by atoms with Crippen LogP contribution in [0, 0.1) is 3.57 Å². The molecule has 0 aliphatic rings. The van der Waals surface area contributed by atoms with Crippen molar-refractivity contribution in [2.24, 2.45) is 0 Å². The van der Waals surface area contributed by atoms with Crippen molar-refractivity contribution < 1.29 is 9.90 Å². The van der Waals surface area contributed by atoms with Crippen LogP contribution in [-0.4, -0.2) is 25.8 Å². The Morgan fingerprint density at radius 1 is 1.47 bits per heavy atom. The molecule has 100 valence electrons. The summed E-state index contributed by atoms with van der Waals surface area (Å²) in [7, 11) is 0. The lowest BCUT2D eigenvalue weighted by atomic mass is 10.2. The van der Waals surface area contributed by atoms with Crippen molar-refractivity contribution in [1.29, 1.82) is 0 Å². The largest absolute Gasteiger partial charge is 0.475 e. The standard InChI is InChI=1S/C12H11BrIN3O2/c1-6(2)11-15-10(12(18)19)16-17(11)9-4-3-7(14)5-8(9)13/h3-6H,1-2H3,(H,18,19). The Morgan fingerprint density at radius 3 is 2.68 bits per heavy atom. The van der Waals surface area contributed by atoms with Gasteiger partial charge in [-0.3, -0.25) is 0 Å². The first-order chi connectivity index (χ1) is 8.90. The van der Waals surface area contributed by atoms with Gasteiger partial charge in [0.2, 0.25) is 0 Å². The van der Waals surface area contributed by atoms with E-state index in [1.54, 1.807) is 4.68 Å². The molecule has 5 nitrogen and oxygen atoms in total. The summed E-state index contributed by atoms with van der Waals surface area (Å²) in [6.07, 6.45) is 0. The monoisotopic (exact) mass is 435 g/mol. The van der Waals surface area contributed by atoms with Gasteiger partial charge in [-0.2, -0.15) is 0 Å². The first-order valence-corrected chi connectivity index (χ1v) is 7.43. The van der Waals surface area contributed by atoms with Crippen LogP contribution < -0.4 is 0 Å². The number of halogens is 2. The Kier molecular flexibility index (Phi) is 4.24. The van der Waals surface area contributed by atoms with Gasteiger partial charge in [-0.05, 0) is 56.7 Å². The molecule has 1 N–H and O–H groups in total. The van der Waals surface area contributed by atoms with Crippen molar-refractivity contribution in [3.63, 3.8) is 0 Å². The zero-order valence-corrected chi connectivity index (χ0v) is 14.0. The minimum absolute atomic E-state index is 0.0757. The Balaban J connectivity index is 2.63. The first kappa shape index (κ1) is 14.4. The van der Waals surface area contributed by atoms with Crippen molar-refractivity contribution in [2.75, 3.05) is 0 Å². The van der Waals surface area contributed by atoms with Crippen molar-refractivity contribution in [3.05, 3.63) is 37.9 Å². The predicted molar refractivity (Wildman–Crippen MR) is 82.8 cm³/mol. The van der Waals surface area contributed by atoms with Gasteiger partial charge < -0.3 is 5.11 Å². The maximum Gasteiger partial charge on any atom is 0.375 e. The Bertz CT molecular complexity index is 640. The lowest BCUT2D eigenvalue weighted by Gasteiger charge is -2.10. The van der Waals surface area contributed by atoms with E-state index < -0.39 is 5.97 Å². The third kappa shape index (κ3) is 2.97. The molecule has 19 heavy (non-hydrogen) atoms. The van der Waals surface area contributed by atoms with Crippen LogP contribution in [0.4, 0.5) is 0 Å². The average molecular weight is 436 g/mol. The number of hydrogen-bond acceptors (Lipinski definition) is 3. The molecule has 0 unspecified atom stereocenters. The molecule has 0 bridgehead atoms. The molecule has 1 aromatic heterocycles. The van der Waals surface area contributed by atoms with Crippen LogP contribution in [-0.2, 0) is 0 Å². The summed E-state index contributed by atoms with van der Waals surface area (Å²) in [6.45, 7) is 3.90. The molecule has 0 aliphatic carbocycles. The summed E-state index contributed by atoms with van der Waals surface area (Å²) in [4.78, 5) is 15.1. The summed E-state index contributed by atoms with van der Waals surface area (Å²) in [6, 6.07) is 5.77. The highest BCUT2D eigenvalue weighted by Gasteiger charge is 2.19. The maximum atomic E-state index is 11.0. The topological polar surface area (TPSA) is 68.0 Å². The molecule has 0 radical (unpaired) electrons. The van der Waals surface area contributed by atoms with Gasteiger partial charge in [-0.15, -0.1) is 5.10 Å². The number of hydrogen-bond donors (Lipinski definition) is 1. The lowest BCUT2D eigenvalue weighted by molar-refractivity contribution is 0.0683. The van der Waals surface area contributed by atoms with Crippen LogP contribution in [0.15, 0.2) is 22.7 Å². The molecule has 2 rings (SSSR count). The van der Waals surface area contributed by atoms with E-state index in [2.05, 4.69) is 48.6 Å². The summed E-state index contributed by atoms with van der Waals surface area (Å²) in [5.74, 6) is -0.609. The molecule has 1 aromatic carbocycles. The smallest absolute Gasteiger partial charge is 0.375 e. The molecule has 0 aliphatic heterocycles. The summed E-state index contributed by atoms with van der Waals surface area (Å²) >= 11 is 5.68. The Morgan fingerprint density at radius 2 is 2.16 bits per heavy atom. The van der Waals surface area contributed by atoms with Crippen LogP contribution in [0.25, 0.3) is 5.69 Å². The van der Waals surface area contributed by atoms with Crippen LogP contribution in [0.5, 0.6) is 0 Å². The van der Waals surface area contributed by atoms with Crippen LogP contribution in [0.3, 0.4) is 0 Å². The van der Waals surface area contributed by atoms with Crippen LogP contribution in [0.1, 0.15) is 36.2 Å². The Labute approximate surface area is 132 Å². The van der Waals surface area contributed by atoms with Gasteiger partial charge >= 0.3 is 5.97 Å². The fourth-order valence-corrected chi connectivity index (χ4v) is 3.08. The molecule has 1 heterocycles. The van der Waals surface area contributed by atoms with Crippen LogP contribution in [0.2, 0.25) is 0 Å². The maximum absolute atomic E-state index is 11.0. The molecule has 0 spiro atoms. The molecule has 7 heteroatoms. The van der Waals surface area contributed by atoms with Crippen molar-refractivity contribution in [1.82, 2.24) is 14.8 Å². The highest BCUT2D eigenvalue weighted by Crippen LogP contribution is 2.26. The predicted octanol–water partition coefficient (Wildman–Crippen LogP) is 3.46. The minimum Gasteiger partial charge on any atom is -0.475 e. The van der Waals surface area contributed by atoms with Gasteiger partial charge in [0.1, 0.15) is 5.82 Å². The molecular formula is C12H11BrIN3O2. The Hall–Kier alpha value is -0.960. The number of nitrogens with zero attached hydrogens (tertiary/aromatic N) is 3. The number of carboxylic acids is 1. The van der Waals surface area contributed by atoms with Crippen molar-refractivity contribution >= 4 is 44.5 Å². The molecule has 0 fully saturated rings. The third-order valence-corrected chi connectivity index (χ3v) is 3.78. The summed E-state index contributed by atoms with van der Waals surface area (Å²) < 4.78 is 3.51. The lowest BCUT2D eigenvalue weighted by Crippen LogP contribution is -2.06. The highest BCUT2D eigenvalue weighted by molar-refractivity contribution is 14.1. The van der Waals surface area contributed by atoms with E-state index in [0.29, 0.717) is 5.82 Å². The number of benzene rings is 1. The van der Waals surface area contributed by atoms with E-state index in [-0.39, 0.29) is 11.7 Å². The number of carboxylic acid groups (broad SMARTS) is 1. The molecule has 0 atom stereocenters. The van der Waals surface area contributed by atoms with Crippen molar-refractivity contribution in [2.45, 2.75) is 19.8 Å². The third-order valence-electron chi connectivity index (χ3n) is 2.48. The second-order valence-corrected chi connectivity index (χ2v) is 6.36. The van der Waals surface area contributed by atoms with Gasteiger partial charge in [0.25, 0.3) is 5.82 Å². The fraction of sp³-hybridized carbons (Fsp3) is 0.250. The number of rotatable bonds is 3. The normalized spacial score (nSPS) is 11.0. The molecular weight excluding hydrogens is 425 g/mol. The summed E-state index contributed by atoms with van der Waals surface area (Å²) in [5, 5.41) is 13.1. The molecule has 0 amide bonds. The molecule has 2 aromatic rings. The average Bonchev–Trinajstić information content (AvgIpc) is 2.73.